The summed E-state index contributed by atoms with van der Waals surface area (Å²) in [6.45, 7) is 0. The van der Waals surface area contributed by atoms with Crippen LogP contribution in [0.4, 0.5) is 11.4 Å². The molecule has 0 saturated carbocycles. The molecule has 0 unspecified atom stereocenters. The minimum Gasteiger partial charge on any atom is -0.258 e. The maximum atomic E-state index is 10.8. The molecule has 6 nitrogen and oxygen atoms in total. The fourth-order valence-corrected chi connectivity index (χ4v) is 5.28. The Bertz CT molecular complexity index is 1160. The van der Waals surface area contributed by atoms with Crippen LogP contribution in [-0.2, 0) is 0 Å². The highest BCUT2D eigenvalue weighted by molar-refractivity contribution is 8.00. The summed E-state index contributed by atoms with van der Waals surface area (Å²) < 4.78 is 0. The Hall–Kier alpha value is -3.27. The molecule has 0 aliphatic rings. The van der Waals surface area contributed by atoms with Crippen molar-refractivity contribution < 1.29 is 9.85 Å². The van der Waals surface area contributed by atoms with E-state index in [0.29, 0.717) is 0 Å². The Morgan fingerprint density at radius 1 is 0.394 bits per heavy atom. The molecule has 0 bridgehead atoms. The number of non-ortho nitro benzene ring substituents is 2. The van der Waals surface area contributed by atoms with E-state index >= 15 is 0 Å². The van der Waals surface area contributed by atoms with Crippen LogP contribution in [0.3, 0.4) is 0 Å². The molecule has 0 saturated heterocycles. The zero-order chi connectivity index (χ0) is 23.2. The third-order valence-corrected chi connectivity index (χ3v) is 7.50. The molecule has 0 N–H and O–H groups in total. The smallest absolute Gasteiger partial charge is 0.258 e. The first kappa shape index (κ1) is 22.9. The second kappa shape index (κ2) is 10.6. The summed E-state index contributed by atoms with van der Waals surface area (Å²) in [5, 5.41) is 21.5. The Morgan fingerprint density at radius 2 is 0.576 bits per heavy atom. The highest BCUT2D eigenvalue weighted by Gasteiger charge is 2.07. The van der Waals surface area contributed by atoms with Crippen molar-refractivity contribution >= 4 is 46.7 Å². The molecular formula is C24H16N2O4S3. The Balaban J connectivity index is 1.34. The number of nitro benzene ring substituents is 2. The van der Waals surface area contributed by atoms with Crippen molar-refractivity contribution in [2.24, 2.45) is 0 Å². The van der Waals surface area contributed by atoms with Crippen molar-refractivity contribution in [3.8, 4) is 0 Å². The zero-order valence-electron chi connectivity index (χ0n) is 17.0. The maximum Gasteiger partial charge on any atom is 0.269 e. The van der Waals surface area contributed by atoms with E-state index in [9.17, 15) is 20.2 Å². The molecular weight excluding hydrogens is 476 g/mol. The van der Waals surface area contributed by atoms with E-state index in [4.69, 9.17) is 0 Å². The van der Waals surface area contributed by atoms with Crippen molar-refractivity contribution in [2.75, 3.05) is 0 Å². The lowest BCUT2D eigenvalue weighted by atomic mass is 10.3. The van der Waals surface area contributed by atoms with E-state index in [2.05, 4.69) is 24.3 Å². The third kappa shape index (κ3) is 6.38. The normalized spacial score (nSPS) is 10.7. The molecule has 9 heteroatoms. The highest BCUT2D eigenvalue weighted by atomic mass is 32.2. The van der Waals surface area contributed by atoms with Crippen LogP contribution in [0.5, 0.6) is 0 Å². The van der Waals surface area contributed by atoms with Gasteiger partial charge in [0.05, 0.1) is 9.85 Å². The maximum absolute atomic E-state index is 10.8. The van der Waals surface area contributed by atoms with Crippen LogP contribution >= 0.6 is 35.3 Å². The fraction of sp³-hybridized carbons (Fsp3) is 0. The lowest BCUT2D eigenvalue weighted by Crippen LogP contribution is -1.86. The van der Waals surface area contributed by atoms with Crippen LogP contribution in [0.2, 0.25) is 0 Å². The monoisotopic (exact) mass is 492 g/mol. The zero-order valence-corrected chi connectivity index (χ0v) is 19.4. The van der Waals surface area contributed by atoms with Crippen molar-refractivity contribution in [3.05, 3.63) is 117 Å². The average Bonchev–Trinajstić information content (AvgIpc) is 2.82. The first-order valence-electron chi connectivity index (χ1n) is 9.69. The minimum absolute atomic E-state index is 0.0864. The van der Waals surface area contributed by atoms with E-state index in [0.717, 1.165) is 29.4 Å². The van der Waals surface area contributed by atoms with Crippen LogP contribution in [-0.4, -0.2) is 9.85 Å². The molecule has 0 amide bonds. The molecule has 33 heavy (non-hydrogen) atoms. The quantitative estimate of drug-likeness (QED) is 0.182. The summed E-state index contributed by atoms with van der Waals surface area (Å²) in [7, 11) is 0. The lowest BCUT2D eigenvalue weighted by molar-refractivity contribution is -0.385. The van der Waals surface area contributed by atoms with Crippen LogP contribution < -0.4 is 0 Å². The first-order chi connectivity index (χ1) is 16.0. The van der Waals surface area contributed by atoms with Gasteiger partial charge in [-0.1, -0.05) is 35.3 Å². The molecule has 164 valence electrons. The first-order valence-corrected chi connectivity index (χ1v) is 12.1. The predicted octanol–water partition coefficient (Wildman–Crippen LogP) is 7.96. The van der Waals surface area contributed by atoms with E-state index in [1.54, 1.807) is 59.6 Å². The van der Waals surface area contributed by atoms with Gasteiger partial charge in [0.25, 0.3) is 11.4 Å². The summed E-state index contributed by atoms with van der Waals surface area (Å²) >= 11 is 4.77. The summed E-state index contributed by atoms with van der Waals surface area (Å²) in [4.78, 5) is 27.0. The number of benzene rings is 4. The molecule has 0 spiro atoms. The molecule has 4 aromatic carbocycles. The number of hydrogen-bond donors (Lipinski definition) is 0. The highest BCUT2D eigenvalue weighted by Crippen LogP contribution is 2.35. The Labute approximate surface area is 202 Å². The van der Waals surface area contributed by atoms with Gasteiger partial charge in [0.2, 0.25) is 0 Å². The van der Waals surface area contributed by atoms with Crippen molar-refractivity contribution in [2.45, 2.75) is 29.4 Å². The largest absolute Gasteiger partial charge is 0.269 e. The number of nitro groups is 2. The van der Waals surface area contributed by atoms with Gasteiger partial charge in [-0.3, -0.25) is 20.2 Å². The van der Waals surface area contributed by atoms with Gasteiger partial charge in [0, 0.05) is 53.6 Å². The van der Waals surface area contributed by atoms with Gasteiger partial charge in [-0.2, -0.15) is 0 Å². The van der Waals surface area contributed by atoms with Gasteiger partial charge >= 0.3 is 0 Å². The Kier molecular flexibility index (Phi) is 7.33. The van der Waals surface area contributed by atoms with Gasteiger partial charge in [0.1, 0.15) is 0 Å². The van der Waals surface area contributed by atoms with Gasteiger partial charge in [-0.25, -0.2) is 0 Å². The molecule has 0 atom stereocenters. The summed E-state index contributed by atoms with van der Waals surface area (Å²) in [6.07, 6.45) is 0. The van der Waals surface area contributed by atoms with E-state index in [1.807, 2.05) is 24.3 Å². The van der Waals surface area contributed by atoms with Gasteiger partial charge in [-0.15, -0.1) is 0 Å². The molecule has 0 radical (unpaired) electrons. The minimum atomic E-state index is -0.401. The van der Waals surface area contributed by atoms with Crippen LogP contribution in [0.1, 0.15) is 0 Å². The van der Waals surface area contributed by atoms with Gasteiger partial charge in [0.15, 0.2) is 0 Å². The number of rotatable bonds is 8. The summed E-state index contributed by atoms with van der Waals surface area (Å²) in [5.41, 5.74) is 0.173. The molecule has 0 aromatic heterocycles. The predicted molar refractivity (Wildman–Crippen MR) is 131 cm³/mol. The Morgan fingerprint density at radius 3 is 0.758 bits per heavy atom. The van der Waals surface area contributed by atoms with Crippen molar-refractivity contribution in [1.29, 1.82) is 0 Å². The van der Waals surface area contributed by atoms with Crippen LogP contribution in [0, 0.1) is 20.2 Å². The molecule has 4 aromatic rings. The molecule has 0 fully saturated rings. The standard InChI is InChI=1S/C24H16N2O4S3/c27-25(28)17-1-5-19(6-2-17)31-21-9-13-23(14-10-21)33-24-15-11-22(12-16-24)32-20-7-3-18(4-8-20)26(29)30/h1-16H. The van der Waals surface area contributed by atoms with E-state index in [1.165, 1.54) is 24.3 Å². The van der Waals surface area contributed by atoms with Gasteiger partial charge < -0.3 is 0 Å². The summed E-state index contributed by atoms with van der Waals surface area (Å²) in [6, 6.07) is 29.4. The fourth-order valence-electron chi connectivity index (χ4n) is 2.83. The average molecular weight is 493 g/mol. The second-order valence-electron chi connectivity index (χ2n) is 6.75. The van der Waals surface area contributed by atoms with E-state index in [-0.39, 0.29) is 11.4 Å². The SMILES string of the molecule is O=[N+]([O-])c1ccc(Sc2ccc(Sc3ccc(Sc4ccc([N+](=O)[O-])cc4)cc3)cc2)cc1. The molecule has 4 rings (SSSR count). The summed E-state index contributed by atoms with van der Waals surface area (Å²) in [5.74, 6) is 0. The van der Waals surface area contributed by atoms with Crippen molar-refractivity contribution in [1.82, 2.24) is 0 Å². The third-order valence-electron chi connectivity index (χ3n) is 4.45. The second-order valence-corrected chi connectivity index (χ2v) is 10.2. The van der Waals surface area contributed by atoms with E-state index < -0.39 is 9.85 Å². The van der Waals surface area contributed by atoms with Crippen LogP contribution in [0.25, 0.3) is 0 Å². The molecule has 0 heterocycles. The van der Waals surface area contributed by atoms with Crippen LogP contribution in [0.15, 0.2) is 126 Å². The molecule has 0 aliphatic carbocycles. The molecule has 0 aliphatic heterocycles. The number of hydrogen-bond acceptors (Lipinski definition) is 7. The topological polar surface area (TPSA) is 86.3 Å². The lowest BCUT2D eigenvalue weighted by Gasteiger charge is -2.06. The van der Waals surface area contributed by atoms with Gasteiger partial charge in [-0.05, 0) is 72.8 Å². The number of nitrogens with zero attached hydrogens (tertiary/aromatic N) is 2. The van der Waals surface area contributed by atoms with Crippen molar-refractivity contribution in [3.63, 3.8) is 0 Å².